The lowest BCUT2D eigenvalue weighted by atomic mass is 10.1. The van der Waals surface area contributed by atoms with Gasteiger partial charge >= 0.3 is 0 Å². The Kier molecular flexibility index (Phi) is 9.05. The smallest absolute Gasteiger partial charge is 0.138 e. The first-order valence-electron chi connectivity index (χ1n) is 21.6. The van der Waals surface area contributed by atoms with Crippen LogP contribution in [-0.4, -0.2) is 19.1 Å². The number of anilines is 6. The maximum Gasteiger partial charge on any atom is 0.138 e. The normalized spacial score (nSPS) is 11.4. The standard InChI is InChI=1S/C58H40N6/c1-5-17-43(18-6-1)61(44-19-7-2-8-20-44)47-29-31-55-51(39-47)49-25-13-15-27-53(49)63(55)57-37-41(33-35-59-57)42-34-36-60-58(38-42)64-54-28-16-14-26-50(54)52-40-48(30-32-56(52)64)62(45-21-9-3-10-22-45)46-23-11-4-12-24-46/h1-40H. The van der Waals surface area contributed by atoms with E-state index in [0.717, 1.165) is 89.7 Å². The summed E-state index contributed by atoms with van der Waals surface area (Å²) in [6.07, 6.45) is 3.83. The van der Waals surface area contributed by atoms with Crippen molar-refractivity contribution in [2.45, 2.75) is 0 Å². The Hall–Kier alpha value is -8.74. The molecule has 302 valence electrons. The third kappa shape index (κ3) is 6.36. The maximum absolute atomic E-state index is 5.01. The molecule has 6 nitrogen and oxygen atoms in total. The molecular formula is C58H40N6. The van der Waals surface area contributed by atoms with Crippen LogP contribution in [0.3, 0.4) is 0 Å². The minimum atomic E-state index is 0.851. The Morgan fingerprint density at radius 1 is 0.266 bits per heavy atom. The van der Waals surface area contributed by atoms with Crippen LogP contribution < -0.4 is 9.80 Å². The van der Waals surface area contributed by atoms with E-state index in [2.05, 4.69) is 249 Å². The average Bonchev–Trinajstić information content (AvgIpc) is 3.88. The quantitative estimate of drug-likeness (QED) is 0.145. The minimum absolute atomic E-state index is 0.851. The number of aromatic nitrogens is 4. The molecule has 0 radical (unpaired) electrons. The molecule has 64 heavy (non-hydrogen) atoms. The van der Waals surface area contributed by atoms with Gasteiger partial charge in [-0.3, -0.25) is 9.13 Å². The van der Waals surface area contributed by atoms with E-state index in [9.17, 15) is 0 Å². The highest BCUT2D eigenvalue weighted by Crippen LogP contribution is 2.42. The molecule has 12 aromatic rings. The molecule has 0 fully saturated rings. The highest BCUT2D eigenvalue weighted by molar-refractivity contribution is 6.12. The summed E-state index contributed by atoms with van der Waals surface area (Å²) in [4.78, 5) is 14.6. The molecule has 0 amide bonds. The summed E-state index contributed by atoms with van der Waals surface area (Å²) in [6.45, 7) is 0. The van der Waals surface area contributed by atoms with Crippen LogP contribution >= 0.6 is 0 Å². The second-order valence-corrected chi connectivity index (χ2v) is 15.9. The lowest BCUT2D eigenvalue weighted by molar-refractivity contribution is 1.07. The van der Waals surface area contributed by atoms with Crippen LogP contribution in [0.5, 0.6) is 0 Å². The minimum Gasteiger partial charge on any atom is -0.310 e. The van der Waals surface area contributed by atoms with Crippen LogP contribution in [0.2, 0.25) is 0 Å². The number of rotatable bonds is 9. The first kappa shape index (κ1) is 37.1. The summed E-state index contributed by atoms with van der Waals surface area (Å²) in [7, 11) is 0. The number of hydrogen-bond donors (Lipinski definition) is 0. The summed E-state index contributed by atoms with van der Waals surface area (Å²) >= 11 is 0. The van der Waals surface area contributed by atoms with Crippen LogP contribution in [0, 0.1) is 0 Å². The summed E-state index contributed by atoms with van der Waals surface area (Å²) in [5.41, 5.74) is 13.1. The monoisotopic (exact) mass is 820 g/mol. The van der Waals surface area contributed by atoms with E-state index >= 15 is 0 Å². The number of para-hydroxylation sites is 6. The molecule has 12 rings (SSSR count). The van der Waals surface area contributed by atoms with Gasteiger partial charge in [0.2, 0.25) is 0 Å². The van der Waals surface area contributed by atoms with Gasteiger partial charge in [0.1, 0.15) is 11.6 Å². The molecule has 0 saturated carbocycles. The van der Waals surface area contributed by atoms with Crippen molar-refractivity contribution in [2.24, 2.45) is 0 Å². The fourth-order valence-corrected chi connectivity index (χ4v) is 9.34. The van der Waals surface area contributed by atoms with Gasteiger partial charge in [0.05, 0.1) is 22.1 Å². The van der Waals surface area contributed by atoms with Crippen LogP contribution in [-0.2, 0) is 0 Å². The van der Waals surface area contributed by atoms with Crippen LogP contribution in [0.1, 0.15) is 0 Å². The Bertz CT molecular complexity index is 3300. The van der Waals surface area contributed by atoms with Crippen LogP contribution in [0.15, 0.2) is 243 Å². The van der Waals surface area contributed by atoms with E-state index < -0.39 is 0 Å². The number of benzene rings is 8. The molecule has 0 unspecified atom stereocenters. The molecule has 0 aliphatic rings. The average molecular weight is 821 g/mol. The van der Waals surface area contributed by atoms with Crippen molar-refractivity contribution in [3.05, 3.63) is 243 Å². The highest BCUT2D eigenvalue weighted by Gasteiger charge is 2.20. The van der Waals surface area contributed by atoms with Gasteiger partial charge in [-0.2, -0.15) is 0 Å². The second kappa shape index (κ2) is 15.6. The molecule has 4 heterocycles. The van der Waals surface area contributed by atoms with Gasteiger partial charge in [0, 0.05) is 68.1 Å². The van der Waals surface area contributed by atoms with E-state index in [4.69, 9.17) is 9.97 Å². The van der Waals surface area contributed by atoms with E-state index in [-0.39, 0.29) is 0 Å². The van der Waals surface area contributed by atoms with Crippen molar-refractivity contribution in [1.82, 2.24) is 19.1 Å². The van der Waals surface area contributed by atoms with E-state index in [1.54, 1.807) is 0 Å². The van der Waals surface area contributed by atoms with Gasteiger partial charge in [-0.15, -0.1) is 0 Å². The molecule has 4 aromatic heterocycles. The first-order valence-corrected chi connectivity index (χ1v) is 21.6. The first-order chi connectivity index (χ1) is 31.8. The number of pyridine rings is 2. The number of fused-ring (bicyclic) bond motifs is 6. The van der Waals surface area contributed by atoms with Gasteiger partial charge in [-0.25, -0.2) is 9.97 Å². The van der Waals surface area contributed by atoms with Gasteiger partial charge in [-0.05, 0) is 132 Å². The molecular weight excluding hydrogens is 781 g/mol. The van der Waals surface area contributed by atoms with Crippen molar-refractivity contribution in [1.29, 1.82) is 0 Å². The topological polar surface area (TPSA) is 42.1 Å². The third-order valence-corrected chi connectivity index (χ3v) is 12.2. The van der Waals surface area contributed by atoms with Crippen molar-refractivity contribution in [3.63, 3.8) is 0 Å². The molecule has 6 heteroatoms. The Labute approximate surface area is 370 Å². The molecule has 0 spiro atoms. The fourth-order valence-electron chi connectivity index (χ4n) is 9.34. The predicted molar refractivity (Wildman–Crippen MR) is 266 cm³/mol. The molecule has 8 aromatic carbocycles. The van der Waals surface area contributed by atoms with E-state index in [1.165, 1.54) is 10.8 Å². The maximum atomic E-state index is 5.01. The molecule has 0 aliphatic heterocycles. The second-order valence-electron chi connectivity index (χ2n) is 15.9. The zero-order chi connectivity index (χ0) is 42.4. The molecule has 0 atom stereocenters. The predicted octanol–water partition coefficient (Wildman–Crippen LogP) is 15.3. The zero-order valence-electron chi connectivity index (χ0n) is 34.8. The van der Waals surface area contributed by atoms with Crippen LogP contribution in [0.4, 0.5) is 34.1 Å². The Morgan fingerprint density at radius 2 is 0.594 bits per heavy atom. The van der Waals surface area contributed by atoms with Gasteiger partial charge < -0.3 is 9.80 Å². The summed E-state index contributed by atoms with van der Waals surface area (Å²) in [5.74, 6) is 1.70. The van der Waals surface area contributed by atoms with Crippen molar-refractivity contribution >= 4 is 77.7 Å². The van der Waals surface area contributed by atoms with Crippen LogP contribution in [0.25, 0.3) is 66.4 Å². The van der Waals surface area contributed by atoms with Crippen molar-refractivity contribution in [3.8, 4) is 22.8 Å². The summed E-state index contributed by atoms with van der Waals surface area (Å²) in [6, 6.07) is 81.5. The van der Waals surface area contributed by atoms with Gasteiger partial charge in [0.25, 0.3) is 0 Å². The van der Waals surface area contributed by atoms with Crippen molar-refractivity contribution in [2.75, 3.05) is 9.80 Å². The number of nitrogens with zero attached hydrogens (tertiary/aromatic N) is 6. The molecule has 0 aliphatic carbocycles. The molecule has 0 saturated heterocycles. The Balaban J connectivity index is 0.957. The van der Waals surface area contributed by atoms with Crippen molar-refractivity contribution < 1.29 is 0 Å². The molecule has 0 N–H and O–H groups in total. The van der Waals surface area contributed by atoms with Gasteiger partial charge in [0.15, 0.2) is 0 Å². The highest BCUT2D eigenvalue weighted by atomic mass is 15.2. The third-order valence-electron chi connectivity index (χ3n) is 12.2. The Morgan fingerprint density at radius 3 is 0.969 bits per heavy atom. The van der Waals surface area contributed by atoms with E-state index in [0.29, 0.717) is 0 Å². The summed E-state index contributed by atoms with van der Waals surface area (Å²) in [5, 5.41) is 4.66. The zero-order valence-corrected chi connectivity index (χ0v) is 34.8. The van der Waals surface area contributed by atoms with Gasteiger partial charge in [-0.1, -0.05) is 109 Å². The summed E-state index contributed by atoms with van der Waals surface area (Å²) < 4.78 is 4.57. The van der Waals surface area contributed by atoms with E-state index in [1.807, 2.05) is 12.4 Å². The molecule has 0 bridgehead atoms. The SMILES string of the molecule is c1ccc(N(c2ccccc2)c2ccc3c(c2)c2ccccc2n3-c2cc(-c3ccnc(-n4c5ccccc5c5cc(N(c6ccccc6)c6ccccc6)ccc54)c3)ccn2)cc1. The largest absolute Gasteiger partial charge is 0.310 e. The lowest BCUT2D eigenvalue weighted by Gasteiger charge is -2.25. The fraction of sp³-hybridized carbons (Fsp3) is 0. The lowest BCUT2D eigenvalue weighted by Crippen LogP contribution is -2.09. The number of hydrogen-bond acceptors (Lipinski definition) is 4.